The number of fused-ring (bicyclic) bond motifs is 1. The second-order valence-electron chi connectivity index (χ2n) is 6.08. The number of hydrogen-bond donors (Lipinski definition) is 0. The van der Waals surface area contributed by atoms with E-state index in [4.69, 9.17) is 14.5 Å². The number of aromatic nitrogens is 2. The van der Waals surface area contributed by atoms with Gasteiger partial charge in [-0.15, -0.1) is 0 Å². The summed E-state index contributed by atoms with van der Waals surface area (Å²) in [5.41, 5.74) is 2.18. The van der Waals surface area contributed by atoms with Gasteiger partial charge in [0.25, 0.3) is 0 Å². The van der Waals surface area contributed by atoms with Gasteiger partial charge in [-0.1, -0.05) is 44.5 Å². The van der Waals surface area contributed by atoms with E-state index < -0.39 is 0 Å². The lowest BCUT2D eigenvalue weighted by atomic mass is 10.1. The van der Waals surface area contributed by atoms with Gasteiger partial charge in [0.05, 0.1) is 18.1 Å². The monoisotopic (exact) mass is 324 g/mol. The Bertz CT molecular complexity index is 810. The Kier molecular flexibility index (Phi) is 5.04. The number of rotatable bonds is 7. The molecule has 0 N–H and O–H groups in total. The number of methoxy groups -OCH3 is 1. The predicted molar refractivity (Wildman–Crippen MR) is 96.5 cm³/mol. The molecular weight excluding hydrogens is 300 g/mol. The van der Waals surface area contributed by atoms with Gasteiger partial charge in [0.1, 0.15) is 12.4 Å². The Hall–Kier alpha value is -2.49. The zero-order chi connectivity index (χ0) is 16.9. The van der Waals surface area contributed by atoms with Crippen LogP contribution in [0.1, 0.15) is 26.1 Å². The van der Waals surface area contributed by atoms with Gasteiger partial charge in [0, 0.05) is 6.54 Å². The first kappa shape index (κ1) is 16.4. The van der Waals surface area contributed by atoms with Crippen LogP contribution in [0, 0.1) is 5.92 Å². The van der Waals surface area contributed by atoms with Gasteiger partial charge < -0.3 is 14.0 Å². The van der Waals surface area contributed by atoms with E-state index in [0.717, 1.165) is 41.3 Å². The Balaban J connectivity index is 1.89. The summed E-state index contributed by atoms with van der Waals surface area (Å²) in [6.07, 6.45) is 1.14. The molecule has 0 fully saturated rings. The molecule has 126 valence electrons. The fourth-order valence-electron chi connectivity index (χ4n) is 2.76. The molecule has 0 spiro atoms. The summed E-state index contributed by atoms with van der Waals surface area (Å²) >= 11 is 0. The van der Waals surface area contributed by atoms with Crippen LogP contribution < -0.4 is 9.47 Å². The van der Waals surface area contributed by atoms with Crippen LogP contribution in [-0.2, 0) is 13.2 Å². The molecule has 24 heavy (non-hydrogen) atoms. The van der Waals surface area contributed by atoms with Crippen molar-refractivity contribution >= 4 is 11.0 Å². The van der Waals surface area contributed by atoms with Crippen LogP contribution in [0.3, 0.4) is 0 Å². The van der Waals surface area contributed by atoms with Crippen LogP contribution in [-0.4, -0.2) is 16.7 Å². The summed E-state index contributed by atoms with van der Waals surface area (Å²) in [5, 5.41) is 0. The van der Waals surface area contributed by atoms with Crippen molar-refractivity contribution in [3.8, 4) is 11.5 Å². The van der Waals surface area contributed by atoms with Gasteiger partial charge in [-0.05, 0) is 30.2 Å². The number of hydrogen-bond acceptors (Lipinski definition) is 3. The maximum atomic E-state index is 5.99. The molecule has 0 aliphatic rings. The summed E-state index contributed by atoms with van der Waals surface area (Å²) in [4.78, 5) is 4.77. The highest BCUT2D eigenvalue weighted by Gasteiger charge is 2.14. The highest BCUT2D eigenvalue weighted by atomic mass is 16.5. The summed E-state index contributed by atoms with van der Waals surface area (Å²) in [7, 11) is 1.65. The van der Waals surface area contributed by atoms with Gasteiger partial charge in [0.15, 0.2) is 11.5 Å². The van der Waals surface area contributed by atoms with E-state index in [1.165, 1.54) is 0 Å². The van der Waals surface area contributed by atoms with Gasteiger partial charge in [-0.2, -0.15) is 0 Å². The minimum Gasteiger partial charge on any atom is -0.493 e. The first-order chi connectivity index (χ1) is 11.7. The van der Waals surface area contributed by atoms with Crippen molar-refractivity contribution in [2.75, 3.05) is 7.11 Å². The van der Waals surface area contributed by atoms with E-state index >= 15 is 0 Å². The third kappa shape index (κ3) is 3.37. The Morgan fingerprint density at radius 2 is 1.75 bits per heavy atom. The lowest BCUT2D eigenvalue weighted by molar-refractivity contribution is 0.269. The molecule has 0 aliphatic heterocycles. The van der Waals surface area contributed by atoms with E-state index in [-0.39, 0.29) is 0 Å². The molecule has 1 heterocycles. The summed E-state index contributed by atoms with van der Waals surface area (Å²) in [6, 6.07) is 15.9. The largest absolute Gasteiger partial charge is 0.493 e. The van der Waals surface area contributed by atoms with Crippen molar-refractivity contribution in [2.24, 2.45) is 5.92 Å². The number of nitrogens with zero attached hydrogens (tertiary/aromatic N) is 2. The van der Waals surface area contributed by atoms with E-state index in [1.54, 1.807) is 7.11 Å². The minimum atomic E-state index is 0.422. The zero-order valence-corrected chi connectivity index (χ0v) is 14.5. The van der Waals surface area contributed by atoms with E-state index in [9.17, 15) is 0 Å². The molecule has 0 saturated heterocycles. The van der Waals surface area contributed by atoms with Crippen molar-refractivity contribution in [3.63, 3.8) is 0 Å². The molecule has 0 bridgehead atoms. The Labute approximate surface area is 143 Å². The second kappa shape index (κ2) is 7.39. The lowest BCUT2D eigenvalue weighted by Crippen LogP contribution is -2.12. The molecule has 0 amide bonds. The Morgan fingerprint density at radius 3 is 2.50 bits per heavy atom. The third-order valence-corrected chi connectivity index (χ3v) is 4.35. The van der Waals surface area contributed by atoms with E-state index in [0.29, 0.717) is 12.5 Å². The molecule has 0 saturated carbocycles. The molecule has 1 atom stereocenters. The van der Waals surface area contributed by atoms with Gasteiger partial charge in [-0.25, -0.2) is 4.98 Å². The fourth-order valence-corrected chi connectivity index (χ4v) is 2.76. The van der Waals surface area contributed by atoms with Crippen LogP contribution in [0.15, 0.2) is 48.5 Å². The smallest absolute Gasteiger partial charge is 0.161 e. The number of imidazole rings is 1. The molecule has 2 aromatic carbocycles. The normalized spacial score (nSPS) is 12.3. The number of para-hydroxylation sites is 4. The Morgan fingerprint density at radius 1 is 1.04 bits per heavy atom. The fraction of sp³-hybridized carbons (Fsp3) is 0.350. The van der Waals surface area contributed by atoms with Gasteiger partial charge in [0.2, 0.25) is 0 Å². The average Bonchev–Trinajstić information content (AvgIpc) is 2.97. The second-order valence-corrected chi connectivity index (χ2v) is 6.08. The molecule has 1 unspecified atom stereocenters. The van der Waals surface area contributed by atoms with Crippen molar-refractivity contribution in [2.45, 2.75) is 33.4 Å². The molecule has 1 aromatic heterocycles. The van der Waals surface area contributed by atoms with Crippen LogP contribution >= 0.6 is 0 Å². The highest BCUT2D eigenvalue weighted by molar-refractivity contribution is 5.75. The minimum absolute atomic E-state index is 0.422. The quantitative estimate of drug-likeness (QED) is 0.633. The molecule has 0 radical (unpaired) electrons. The van der Waals surface area contributed by atoms with Crippen molar-refractivity contribution in [3.05, 3.63) is 54.4 Å². The zero-order valence-electron chi connectivity index (χ0n) is 14.5. The SMILES string of the molecule is CCC(C)Cn1c(COc2ccccc2OC)nc2ccccc21. The average molecular weight is 324 g/mol. The topological polar surface area (TPSA) is 36.3 Å². The number of benzene rings is 2. The summed E-state index contributed by atoms with van der Waals surface area (Å²) in [6.45, 7) is 5.85. The number of ether oxygens (including phenoxy) is 2. The van der Waals surface area contributed by atoms with Crippen LogP contribution in [0.5, 0.6) is 11.5 Å². The molecule has 3 rings (SSSR count). The third-order valence-electron chi connectivity index (χ3n) is 4.35. The van der Waals surface area contributed by atoms with E-state index in [2.05, 4.69) is 36.6 Å². The first-order valence-corrected chi connectivity index (χ1v) is 8.43. The summed E-state index contributed by atoms with van der Waals surface area (Å²) < 4.78 is 13.6. The first-order valence-electron chi connectivity index (χ1n) is 8.43. The van der Waals surface area contributed by atoms with Crippen molar-refractivity contribution in [1.29, 1.82) is 0 Å². The van der Waals surface area contributed by atoms with Crippen LogP contribution in [0.25, 0.3) is 11.0 Å². The highest BCUT2D eigenvalue weighted by Crippen LogP contribution is 2.27. The van der Waals surface area contributed by atoms with Crippen molar-refractivity contribution < 1.29 is 9.47 Å². The maximum Gasteiger partial charge on any atom is 0.161 e. The standard InChI is InChI=1S/C20H24N2O2/c1-4-15(2)13-22-17-10-6-5-9-16(17)21-20(22)14-24-19-12-8-7-11-18(19)23-3/h5-12,15H,4,13-14H2,1-3H3. The van der Waals surface area contributed by atoms with Crippen LogP contribution in [0.4, 0.5) is 0 Å². The molecule has 4 nitrogen and oxygen atoms in total. The van der Waals surface area contributed by atoms with Gasteiger partial charge >= 0.3 is 0 Å². The lowest BCUT2D eigenvalue weighted by Gasteiger charge is -2.15. The molecule has 4 heteroatoms. The molecule has 3 aromatic rings. The predicted octanol–water partition coefficient (Wildman–Crippen LogP) is 4.67. The van der Waals surface area contributed by atoms with Crippen LogP contribution in [0.2, 0.25) is 0 Å². The van der Waals surface area contributed by atoms with Gasteiger partial charge in [-0.3, -0.25) is 0 Å². The van der Waals surface area contributed by atoms with E-state index in [1.807, 2.05) is 30.3 Å². The summed E-state index contributed by atoms with van der Waals surface area (Å²) in [5.74, 6) is 3.01. The van der Waals surface area contributed by atoms with Crippen molar-refractivity contribution in [1.82, 2.24) is 9.55 Å². The molecular formula is C20H24N2O2. The maximum absolute atomic E-state index is 5.99. The molecule has 0 aliphatic carbocycles.